The molecule has 0 aliphatic rings. The van der Waals surface area contributed by atoms with Gasteiger partial charge in [-0.05, 0) is 29.5 Å². The highest BCUT2D eigenvalue weighted by atomic mass is 16.1. The molecule has 0 aliphatic carbocycles. The summed E-state index contributed by atoms with van der Waals surface area (Å²) in [6, 6.07) is 17.2. The van der Waals surface area contributed by atoms with Crippen LogP contribution in [-0.2, 0) is 6.42 Å². The predicted octanol–water partition coefficient (Wildman–Crippen LogP) is 2.79. The molecule has 0 N–H and O–H groups in total. The quantitative estimate of drug-likeness (QED) is 0.678. The van der Waals surface area contributed by atoms with Crippen molar-refractivity contribution in [2.75, 3.05) is 0 Å². The summed E-state index contributed by atoms with van der Waals surface area (Å²) < 4.78 is 1.68. The molecule has 0 aliphatic heterocycles. The largest absolute Gasteiger partial charge is 0.294 e. The van der Waals surface area contributed by atoms with Gasteiger partial charge in [-0.1, -0.05) is 48.0 Å². The van der Waals surface area contributed by atoms with Gasteiger partial charge in [0.2, 0.25) is 0 Å². The van der Waals surface area contributed by atoms with E-state index >= 15 is 0 Å². The number of tetrazole rings is 1. The van der Waals surface area contributed by atoms with Crippen molar-refractivity contribution >= 4 is 5.78 Å². The number of rotatable bonds is 5. The van der Waals surface area contributed by atoms with E-state index in [9.17, 15) is 4.79 Å². The van der Waals surface area contributed by atoms with E-state index in [1.807, 2.05) is 61.5 Å². The highest BCUT2D eigenvalue weighted by molar-refractivity contribution is 5.96. The second-order valence-electron chi connectivity index (χ2n) is 5.13. The molecule has 5 heteroatoms. The predicted molar refractivity (Wildman–Crippen MR) is 83.0 cm³/mol. The summed E-state index contributed by atoms with van der Waals surface area (Å²) >= 11 is 0. The summed E-state index contributed by atoms with van der Waals surface area (Å²) in [6.07, 6.45) is 0.894. The maximum atomic E-state index is 12.2. The van der Waals surface area contributed by atoms with Crippen LogP contribution in [0.25, 0.3) is 5.69 Å². The van der Waals surface area contributed by atoms with Gasteiger partial charge in [-0.2, -0.15) is 4.68 Å². The summed E-state index contributed by atoms with van der Waals surface area (Å²) in [7, 11) is 0. The maximum absolute atomic E-state index is 12.2. The molecule has 0 atom stereocenters. The number of hydrogen-bond donors (Lipinski definition) is 0. The van der Waals surface area contributed by atoms with E-state index in [1.165, 1.54) is 5.56 Å². The van der Waals surface area contributed by atoms with Gasteiger partial charge in [0.25, 0.3) is 0 Å². The van der Waals surface area contributed by atoms with Crippen molar-refractivity contribution in [1.29, 1.82) is 0 Å². The average Bonchev–Trinajstić information content (AvgIpc) is 3.02. The van der Waals surface area contributed by atoms with Gasteiger partial charge in [0.1, 0.15) is 0 Å². The molecule has 0 saturated heterocycles. The zero-order valence-electron chi connectivity index (χ0n) is 12.3. The smallest absolute Gasteiger partial charge is 0.163 e. The molecular weight excluding hydrogens is 276 g/mol. The number of aryl methyl sites for hydroxylation is 2. The average molecular weight is 292 g/mol. The number of benzene rings is 2. The first-order valence-corrected chi connectivity index (χ1v) is 7.16. The number of nitrogens with zero attached hydrogens (tertiary/aromatic N) is 4. The third-order valence-corrected chi connectivity index (χ3v) is 3.48. The minimum atomic E-state index is 0.0963. The van der Waals surface area contributed by atoms with Crippen LogP contribution in [0.15, 0.2) is 54.6 Å². The summed E-state index contributed by atoms with van der Waals surface area (Å²) in [6.45, 7) is 2.03. The Bertz CT molecular complexity index is 763. The van der Waals surface area contributed by atoms with Gasteiger partial charge in [-0.15, -0.1) is 5.10 Å². The van der Waals surface area contributed by atoms with Crippen molar-refractivity contribution in [2.45, 2.75) is 19.8 Å². The van der Waals surface area contributed by atoms with Gasteiger partial charge in [0.15, 0.2) is 11.6 Å². The normalized spacial score (nSPS) is 10.6. The maximum Gasteiger partial charge on any atom is 0.163 e. The minimum absolute atomic E-state index is 0.0963. The van der Waals surface area contributed by atoms with E-state index in [0.717, 1.165) is 11.3 Å². The highest BCUT2D eigenvalue weighted by Crippen LogP contribution is 2.12. The molecule has 1 heterocycles. The van der Waals surface area contributed by atoms with E-state index in [1.54, 1.807) is 4.68 Å². The molecule has 1 aromatic heterocycles. The van der Waals surface area contributed by atoms with Crippen LogP contribution >= 0.6 is 0 Å². The number of hydrogen-bond acceptors (Lipinski definition) is 4. The van der Waals surface area contributed by atoms with Crippen LogP contribution in [0.5, 0.6) is 0 Å². The first-order valence-electron chi connectivity index (χ1n) is 7.16. The molecule has 22 heavy (non-hydrogen) atoms. The number of carbonyl (C=O) groups is 1. The summed E-state index contributed by atoms with van der Waals surface area (Å²) in [5.41, 5.74) is 2.80. The van der Waals surface area contributed by atoms with Gasteiger partial charge in [0, 0.05) is 18.4 Å². The third kappa shape index (κ3) is 3.09. The van der Waals surface area contributed by atoms with Crippen molar-refractivity contribution in [3.8, 4) is 5.69 Å². The third-order valence-electron chi connectivity index (χ3n) is 3.48. The molecular formula is C17H16N4O. The first kappa shape index (κ1) is 14.1. The number of carbonyl (C=O) groups excluding carboxylic acids is 1. The van der Waals surface area contributed by atoms with E-state index in [4.69, 9.17) is 0 Å². The van der Waals surface area contributed by atoms with Gasteiger partial charge in [-0.25, -0.2) is 0 Å². The van der Waals surface area contributed by atoms with Crippen LogP contribution < -0.4 is 0 Å². The van der Waals surface area contributed by atoms with Crippen LogP contribution in [0.3, 0.4) is 0 Å². The van der Waals surface area contributed by atoms with Gasteiger partial charge >= 0.3 is 0 Å². The van der Waals surface area contributed by atoms with Gasteiger partial charge in [0.05, 0.1) is 5.69 Å². The Morgan fingerprint density at radius 2 is 1.77 bits per heavy atom. The second-order valence-corrected chi connectivity index (χ2v) is 5.13. The standard InChI is InChI=1S/C17H16N4O/c1-13-7-9-15(10-8-13)21-17(18-19-20-21)12-11-16(22)14-5-3-2-4-6-14/h2-10H,11-12H2,1H3. The van der Waals surface area contributed by atoms with Crippen molar-refractivity contribution < 1.29 is 4.79 Å². The van der Waals surface area contributed by atoms with Crippen LogP contribution in [0.1, 0.15) is 28.2 Å². The van der Waals surface area contributed by atoms with Crippen LogP contribution in [0.2, 0.25) is 0 Å². The number of ketones is 1. The number of Topliss-reactive ketones (excluding diaryl/α,β-unsaturated/α-hetero) is 1. The van der Waals surface area contributed by atoms with Crippen molar-refractivity contribution in [3.63, 3.8) is 0 Å². The van der Waals surface area contributed by atoms with Crippen LogP contribution in [0, 0.1) is 6.92 Å². The Balaban J connectivity index is 1.73. The Hall–Kier alpha value is -2.82. The molecule has 0 fully saturated rings. The Kier molecular flexibility index (Phi) is 4.05. The van der Waals surface area contributed by atoms with Crippen molar-refractivity contribution in [2.24, 2.45) is 0 Å². The molecule has 0 saturated carbocycles. The zero-order chi connectivity index (χ0) is 15.4. The lowest BCUT2D eigenvalue weighted by Gasteiger charge is -2.05. The van der Waals surface area contributed by atoms with E-state index in [-0.39, 0.29) is 5.78 Å². The minimum Gasteiger partial charge on any atom is -0.294 e. The summed E-state index contributed by atoms with van der Waals surface area (Å²) in [4.78, 5) is 12.2. The van der Waals surface area contributed by atoms with Crippen LogP contribution in [-0.4, -0.2) is 26.0 Å². The lowest BCUT2D eigenvalue weighted by Crippen LogP contribution is -2.07. The van der Waals surface area contributed by atoms with Gasteiger partial charge in [-0.3, -0.25) is 4.79 Å². The number of aromatic nitrogens is 4. The first-order chi connectivity index (χ1) is 10.7. The summed E-state index contributed by atoms with van der Waals surface area (Å²) in [5, 5.41) is 11.8. The fourth-order valence-electron chi connectivity index (χ4n) is 2.24. The fourth-order valence-corrected chi connectivity index (χ4v) is 2.24. The van der Waals surface area contributed by atoms with Crippen molar-refractivity contribution in [1.82, 2.24) is 20.2 Å². The van der Waals surface area contributed by atoms with Crippen molar-refractivity contribution in [3.05, 3.63) is 71.5 Å². The molecule has 3 rings (SSSR count). The zero-order valence-corrected chi connectivity index (χ0v) is 12.3. The molecule has 0 unspecified atom stereocenters. The summed E-state index contributed by atoms with van der Waals surface area (Å²) in [5.74, 6) is 0.784. The molecule has 110 valence electrons. The fraction of sp³-hybridized carbons (Fsp3) is 0.176. The lowest BCUT2D eigenvalue weighted by molar-refractivity contribution is 0.0982. The molecule has 0 bridgehead atoms. The Morgan fingerprint density at radius 3 is 2.50 bits per heavy atom. The van der Waals surface area contributed by atoms with Crippen LogP contribution in [0.4, 0.5) is 0 Å². The van der Waals surface area contributed by atoms with E-state index in [2.05, 4.69) is 15.5 Å². The SMILES string of the molecule is Cc1ccc(-n2nnnc2CCC(=O)c2ccccc2)cc1. The molecule has 0 spiro atoms. The van der Waals surface area contributed by atoms with Gasteiger partial charge < -0.3 is 0 Å². The molecule has 2 aromatic carbocycles. The second kappa shape index (κ2) is 6.30. The molecule has 3 aromatic rings. The lowest BCUT2D eigenvalue weighted by atomic mass is 10.1. The van der Waals surface area contributed by atoms with E-state index in [0.29, 0.717) is 18.7 Å². The topological polar surface area (TPSA) is 60.7 Å². The Morgan fingerprint density at radius 1 is 1.05 bits per heavy atom. The molecule has 5 nitrogen and oxygen atoms in total. The van der Waals surface area contributed by atoms with E-state index < -0.39 is 0 Å². The highest BCUT2D eigenvalue weighted by Gasteiger charge is 2.11. The Labute approximate surface area is 128 Å². The molecule has 0 amide bonds. The monoisotopic (exact) mass is 292 g/mol. The molecule has 0 radical (unpaired) electrons.